The van der Waals surface area contributed by atoms with Gasteiger partial charge in [-0.2, -0.15) is 17.0 Å². The van der Waals surface area contributed by atoms with Gasteiger partial charge in [-0.05, 0) is 36.1 Å². The average Bonchev–Trinajstić information content (AvgIpc) is 3.02. The molecule has 1 aromatic carbocycles. The number of aliphatic carboxylic acids is 1. The van der Waals surface area contributed by atoms with Crippen LogP contribution in [0.15, 0.2) is 28.5 Å². The monoisotopic (exact) mass is 468 g/mol. The number of carbonyl (C=O) groups is 2. The number of amides is 1. The number of carboxylic acids is 1. The molecule has 0 saturated heterocycles. The minimum absolute atomic E-state index is 0.225. The van der Waals surface area contributed by atoms with Gasteiger partial charge in [-0.1, -0.05) is 37.6 Å². The molecule has 0 aliphatic carbocycles. The summed E-state index contributed by atoms with van der Waals surface area (Å²) in [5.74, 6) is -0.946. The standard InChI is InChI=1S/C20H21ClN2O3S3/c1-11(2)28-20-14(10-22)16(12-4-6-13(21)7-5-12)17(29-20)18(24)23-15(19(25)26)8-9-27-3/h4-7,11,15H,8-9H2,1-3H3,(H,23,24)(H,25,26)/t15-/m0/s1. The van der Waals surface area contributed by atoms with Gasteiger partial charge in [-0.3, -0.25) is 4.79 Å². The second kappa shape index (κ2) is 10.9. The number of nitrogens with one attached hydrogen (secondary N) is 1. The first-order valence-electron chi connectivity index (χ1n) is 8.80. The normalized spacial score (nSPS) is 11.9. The molecule has 9 heteroatoms. The maximum absolute atomic E-state index is 13.0. The van der Waals surface area contributed by atoms with E-state index in [0.717, 1.165) is 4.21 Å². The van der Waals surface area contributed by atoms with Gasteiger partial charge in [0.05, 0.1) is 9.77 Å². The summed E-state index contributed by atoms with van der Waals surface area (Å²) in [7, 11) is 0. The number of hydrogen-bond donors (Lipinski definition) is 2. The van der Waals surface area contributed by atoms with Crippen molar-refractivity contribution in [2.75, 3.05) is 12.0 Å². The zero-order chi connectivity index (χ0) is 21.6. The highest BCUT2D eigenvalue weighted by atomic mass is 35.5. The molecule has 5 nitrogen and oxygen atoms in total. The molecule has 154 valence electrons. The third-order valence-electron chi connectivity index (χ3n) is 3.88. The van der Waals surface area contributed by atoms with Crippen LogP contribution in [0.5, 0.6) is 0 Å². The molecule has 0 fully saturated rings. The highest BCUT2D eigenvalue weighted by Gasteiger charge is 2.28. The average molecular weight is 469 g/mol. The summed E-state index contributed by atoms with van der Waals surface area (Å²) in [5.41, 5.74) is 1.64. The van der Waals surface area contributed by atoms with Crippen LogP contribution in [0.3, 0.4) is 0 Å². The fourth-order valence-electron chi connectivity index (χ4n) is 2.58. The van der Waals surface area contributed by atoms with Crippen LogP contribution in [0.4, 0.5) is 0 Å². The summed E-state index contributed by atoms with van der Waals surface area (Å²) < 4.78 is 0.744. The molecule has 2 N–H and O–H groups in total. The minimum Gasteiger partial charge on any atom is -0.480 e. The van der Waals surface area contributed by atoms with Gasteiger partial charge in [0.2, 0.25) is 0 Å². The fraction of sp³-hybridized carbons (Fsp3) is 0.350. The topological polar surface area (TPSA) is 90.2 Å². The number of rotatable bonds is 9. The predicted molar refractivity (Wildman–Crippen MR) is 122 cm³/mol. The second-order valence-electron chi connectivity index (χ2n) is 6.40. The first kappa shape index (κ1) is 23.6. The molecule has 0 unspecified atom stereocenters. The zero-order valence-electron chi connectivity index (χ0n) is 16.2. The molecule has 1 atom stereocenters. The van der Waals surface area contributed by atoms with Crippen molar-refractivity contribution in [1.82, 2.24) is 5.32 Å². The van der Waals surface area contributed by atoms with Crippen LogP contribution in [0.1, 0.15) is 35.5 Å². The summed E-state index contributed by atoms with van der Waals surface area (Å²) in [5, 5.41) is 22.6. The molecule has 0 saturated carbocycles. The number of benzene rings is 1. The molecule has 29 heavy (non-hydrogen) atoms. The summed E-state index contributed by atoms with van der Waals surface area (Å²) >= 11 is 10.2. The lowest BCUT2D eigenvalue weighted by Gasteiger charge is -2.14. The molecule has 0 aliphatic rings. The maximum atomic E-state index is 13.0. The Morgan fingerprint density at radius 1 is 1.31 bits per heavy atom. The number of nitrogens with zero attached hydrogens (tertiary/aromatic N) is 1. The van der Waals surface area contributed by atoms with Crippen molar-refractivity contribution >= 4 is 58.3 Å². The van der Waals surface area contributed by atoms with Crippen LogP contribution >= 0.6 is 46.5 Å². The van der Waals surface area contributed by atoms with E-state index in [2.05, 4.69) is 11.4 Å². The SMILES string of the molecule is CSCC[C@H](NC(=O)c1sc(SC(C)C)c(C#N)c1-c1ccc(Cl)cc1)C(=O)O. The van der Waals surface area contributed by atoms with Gasteiger partial charge in [0, 0.05) is 15.8 Å². The Morgan fingerprint density at radius 3 is 2.48 bits per heavy atom. The molecule has 1 heterocycles. The lowest BCUT2D eigenvalue weighted by Crippen LogP contribution is -2.41. The Labute approximate surface area is 187 Å². The van der Waals surface area contributed by atoms with Crippen molar-refractivity contribution in [2.24, 2.45) is 0 Å². The Balaban J connectivity index is 2.52. The van der Waals surface area contributed by atoms with E-state index >= 15 is 0 Å². The Morgan fingerprint density at radius 2 is 1.97 bits per heavy atom. The van der Waals surface area contributed by atoms with Crippen LogP contribution in [0.25, 0.3) is 11.1 Å². The van der Waals surface area contributed by atoms with Gasteiger partial charge in [0.15, 0.2) is 0 Å². The highest BCUT2D eigenvalue weighted by molar-refractivity contribution is 8.01. The van der Waals surface area contributed by atoms with Crippen LogP contribution < -0.4 is 5.32 Å². The summed E-state index contributed by atoms with van der Waals surface area (Å²) in [4.78, 5) is 24.9. The Bertz CT molecular complexity index is 920. The molecule has 2 rings (SSSR count). The molecule has 0 bridgehead atoms. The van der Waals surface area contributed by atoms with E-state index in [-0.39, 0.29) is 5.25 Å². The van der Waals surface area contributed by atoms with Crippen LogP contribution in [-0.4, -0.2) is 40.3 Å². The number of thioether (sulfide) groups is 2. The molecule has 0 radical (unpaired) electrons. The van der Waals surface area contributed by atoms with Crippen LogP contribution in [0, 0.1) is 11.3 Å². The van der Waals surface area contributed by atoms with Crippen molar-refractivity contribution in [3.63, 3.8) is 0 Å². The van der Waals surface area contributed by atoms with Crippen molar-refractivity contribution < 1.29 is 14.7 Å². The molecular weight excluding hydrogens is 448 g/mol. The van der Waals surface area contributed by atoms with Crippen molar-refractivity contribution in [3.05, 3.63) is 39.7 Å². The van der Waals surface area contributed by atoms with Crippen molar-refractivity contribution in [1.29, 1.82) is 5.26 Å². The van der Waals surface area contributed by atoms with E-state index in [4.69, 9.17) is 11.6 Å². The Kier molecular flexibility index (Phi) is 8.90. The molecule has 1 aromatic heterocycles. The first-order chi connectivity index (χ1) is 13.8. The summed E-state index contributed by atoms with van der Waals surface area (Å²) in [6.45, 7) is 4.02. The van der Waals surface area contributed by atoms with E-state index in [9.17, 15) is 20.0 Å². The second-order valence-corrected chi connectivity index (χ2v) is 10.7. The van der Waals surface area contributed by atoms with Gasteiger partial charge in [0.1, 0.15) is 17.0 Å². The minimum atomic E-state index is -1.07. The number of thiophene rings is 1. The van der Waals surface area contributed by atoms with E-state index in [1.807, 2.05) is 20.1 Å². The largest absolute Gasteiger partial charge is 0.480 e. The number of carboxylic acid groups (broad SMARTS) is 1. The fourth-order valence-corrected chi connectivity index (χ4v) is 5.80. The van der Waals surface area contributed by atoms with Crippen LogP contribution in [0.2, 0.25) is 5.02 Å². The first-order valence-corrected chi connectivity index (χ1v) is 12.3. The Hall–Kier alpha value is -1.66. The van der Waals surface area contributed by atoms with Gasteiger partial charge in [-0.15, -0.1) is 23.1 Å². The number of carbonyl (C=O) groups excluding carboxylic acids is 1. The number of nitriles is 1. The van der Waals surface area contributed by atoms with E-state index < -0.39 is 17.9 Å². The lowest BCUT2D eigenvalue weighted by molar-refractivity contribution is -0.139. The van der Waals surface area contributed by atoms with Crippen molar-refractivity contribution in [2.45, 2.75) is 35.8 Å². The quantitative estimate of drug-likeness (QED) is 0.480. The smallest absolute Gasteiger partial charge is 0.326 e. The van der Waals surface area contributed by atoms with E-state index in [1.54, 1.807) is 24.3 Å². The van der Waals surface area contributed by atoms with E-state index in [1.165, 1.54) is 34.9 Å². The number of halogens is 1. The van der Waals surface area contributed by atoms with Gasteiger partial charge < -0.3 is 10.4 Å². The predicted octanol–water partition coefficient (Wildman–Crippen LogP) is 5.38. The molecule has 1 amide bonds. The van der Waals surface area contributed by atoms with Crippen molar-refractivity contribution in [3.8, 4) is 17.2 Å². The van der Waals surface area contributed by atoms with E-state index in [0.29, 0.717) is 38.8 Å². The van der Waals surface area contributed by atoms with Gasteiger partial charge in [0.25, 0.3) is 5.91 Å². The summed E-state index contributed by atoms with van der Waals surface area (Å²) in [6.07, 6.45) is 2.20. The maximum Gasteiger partial charge on any atom is 0.326 e. The van der Waals surface area contributed by atoms with Gasteiger partial charge >= 0.3 is 5.97 Å². The highest BCUT2D eigenvalue weighted by Crippen LogP contribution is 2.43. The third kappa shape index (κ3) is 6.16. The number of hydrogen-bond acceptors (Lipinski definition) is 6. The molecule has 0 aliphatic heterocycles. The lowest BCUT2D eigenvalue weighted by atomic mass is 10.0. The third-order valence-corrected chi connectivity index (χ3v) is 7.19. The zero-order valence-corrected chi connectivity index (χ0v) is 19.4. The molecular formula is C20H21ClN2O3S3. The van der Waals surface area contributed by atoms with Crippen LogP contribution in [-0.2, 0) is 4.79 Å². The van der Waals surface area contributed by atoms with Gasteiger partial charge in [-0.25, -0.2) is 4.79 Å². The molecule has 2 aromatic rings. The molecule has 0 spiro atoms. The summed E-state index contributed by atoms with van der Waals surface area (Å²) in [6, 6.07) is 8.16.